The molecule has 1 aromatic carbocycles. The van der Waals surface area contributed by atoms with Crippen LogP contribution in [0.4, 0.5) is 4.79 Å². The summed E-state index contributed by atoms with van der Waals surface area (Å²) >= 11 is 0. The molecule has 0 radical (unpaired) electrons. The lowest BCUT2D eigenvalue weighted by Crippen LogP contribution is -2.48. The first-order valence-electron chi connectivity index (χ1n) is 7.66. The summed E-state index contributed by atoms with van der Waals surface area (Å²) in [6, 6.07) is 7.99. The molecule has 0 saturated carbocycles. The van der Waals surface area contributed by atoms with Gasteiger partial charge in [0.05, 0.1) is 0 Å². The van der Waals surface area contributed by atoms with Gasteiger partial charge in [0.15, 0.2) is 0 Å². The SMILES string of the molecule is CCC1(CC)C(=O)NC(=O)N1Cc1ccc(C(C)C)cc1. The monoisotopic (exact) mass is 288 g/mol. The number of carbonyl (C=O) groups is 2. The molecular formula is C17H24N2O2. The summed E-state index contributed by atoms with van der Waals surface area (Å²) in [7, 11) is 0. The molecule has 1 aromatic rings. The average molecular weight is 288 g/mol. The normalized spacial score (nSPS) is 17.5. The number of imide groups is 1. The number of nitrogens with zero attached hydrogens (tertiary/aromatic N) is 1. The summed E-state index contributed by atoms with van der Waals surface area (Å²) in [6.07, 6.45) is 1.26. The van der Waals surface area contributed by atoms with Crippen molar-refractivity contribution in [2.24, 2.45) is 0 Å². The molecule has 4 heteroatoms. The molecule has 0 unspecified atom stereocenters. The van der Waals surface area contributed by atoms with Gasteiger partial charge in [0.25, 0.3) is 5.91 Å². The van der Waals surface area contributed by atoms with Crippen molar-refractivity contribution < 1.29 is 9.59 Å². The first-order valence-corrected chi connectivity index (χ1v) is 7.66. The summed E-state index contributed by atoms with van der Waals surface area (Å²) < 4.78 is 0. The van der Waals surface area contributed by atoms with Gasteiger partial charge in [-0.1, -0.05) is 52.0 Å². The minimum atomic E-state index is -0.701. The molecule has 0 aliphatic carbocycles. The van der Waals surface area contributed by atoms with Crippen molar-refractivity contribution in [2.45, 2.75) is 58.5 Å². The third-order valence-electron chi connectivity index (χ3n) is 4.56. The first kappa shape index (κ1) is 15.5. The Bertz CT molecular complexity index is 530. The van der Waals surface area contributed by atoms with Gasteiger partial charge >= 0.3 is 6.03 Å². The number of hydrogen-bond acceptors (Lipinski definition) is 2. The van der Waals surface area contributed by atoms with E-state index in [-0.39, 0.29) is 11.9 Å². The summed E-state index contributed by atoms with van der Waals surface area (Å²) in [6.45, 7) is 8.69. The van der Waals surface area contributed by atoms with Crippen molar-refractivity contribution in [3.05, 3.63) is 35.4 Å². The standard InChI is InChI=1S/C17H24N2O2/c1-5-17(6-2)15(20)18-16(21)19(17)11-13-7-9-14(10-8-13)12(3)4/h7-10,12H,5-6,11H2,1-4H3,(H,18,20,21). The third kappa shape index (κ3) is 2.67. The van der Waals surface area contributed by atoms with Gasteiger partial charge in [-0.25, -0.2) is 4.79 Å². The molecule has 114 valence electrons. The fourth-order valence-electron chi connectivity index (χ4n) is 2.96. The molecule has 1 fully saturated rings. The predicted octanol–water partition coefficient (Wildman–Crippen LogP) is 3.42. The van der Waals surface area contributed by atoms with Crippen molar-refractivity contribution >= 4 is 11.9 Å². The van der Waals surface area contributed by atoms with E-state index in [9.17, 15) is 9.59 Å². The molecule has 1 heterocycles. The van der Waals surface area contributed by atoms with E-state index in [1.54, 1.807) is 4.90 Å². The zero-order chi connectivity index (χ0) is 15.6. The Kier molecular flexibility index (Phi) is 4.35. The number of nitrogens with one attached hydrogen (secondary N) is 1. The zero-order valence-electron chi connectivity index (χ0n) is 13.3. The smallest absolute Gasteiger partial charge is 0.305 e. The van der Waals surface area contributed by atoms with E-state index in [4.69, 9.17) is 0 Å². The van der Waals surface area contributed by atoms with Crippen LogP contribution in [0.15, 0.2) is 24.3 Å². The van der Waals surface area contributed by atoms with Crippen LogP contribution in [-0.4, -0.2) is 22.4 Å². The maximum absolute atomic E-state index is 12.1. The number of hydrogen-bond donors (Lipinski definition) is 1. The Morgan fingerprint density at radius 1 is 1.10 bits per heavy atom. The lowest BCUT2D eigenvalue weighted by Gasteiger charge is -2.33. The number of carbonyl (C=O) groups excluding carboxylic acids is 2. The first-order chi connectivity index (χ1) is 9.94. The molecule has 1 aliphatic rings. The largest absolute Gasteiger partial charge is 0.325 e. The third-order valence-corrected chi connectivity index (χ3v) is 4.56. The molecule has 0 spiro atoms. The number of rotatable bonds is 5. The van der Waals surface area contributed by atoms with E-state index in [0.717, 1.165) is 5.56 Å². The van der Waals surface area contributed by atoms with Crippen LogP contribution in [0.3, 0.4) is 0 Å². The van der Waals surface area contributed by atoms with Crippen LogP contribution >= 0.6 is 0 Å². The number of benzene rings is 1. The van der Waals surface area contributed by atoms with Gasteiger partial charge in [-0.2, -0.15) is 0 Å². The molecule has 21 heavy (non-hydrogen) atoms. The van der Waals surface area contributed by atoms with E-state index in [1.807, 2.05) is 26.0 Å². The van der Waals surface area contributed by atoms with Crippen LogP contribution < -0.4 is 5.32 Å². The maximum atomic E-state index is 12.1. The Labute approximate surface area is 126 Å². The van der Waals surface area contributed by atoms with E-state index >= 15 is 0 Å². The van der Waals surface area contributed by atoms with Gasteiger partial charge in [0, 0.05) is 6.54 Å². The van der Waals surface area contributed by atoms with E-state index in [0.29, 0.717) is 25.3 Å². The van der Waals surface area contributed by atoms with Gasteiger partial charge in [-0.15, -0.1) is 0 Å². The lowest BCUT2D eigenvalue weighted by molar-refractivity contribution is -0.127. The summed E-state index contributed by atoms with van der Waals surface area (Å²) in [5.41, 5.74) is 1.63. The molecule has 3 amide bonds. The minimum Gasteiger partial charge on any atom is -0.305 e. The molecule has 1 aliphatic heterocycles. The maximum Gasteiger partial charge on any atom is 0.325 e. The molecule has 1 saturated heterocycles. The fourth-order valence-corrected chi connectivity index (χ4v) is 2.96. The summed E-state index contributed by atoms with van der Waals surface area (Å²) in [5, 5.41) is 2.46. The lowest BCUT2D eigenvalue weighted by atomic mass is 9.91. The van der Waals surface area contributed by atoms with Gasteiger partial charge in [-0.05, 0) is 29.9 Å². The van der Waals surface area contributed by atoms with E-state index < -0.39 is 5.54 Å². The predicted molar refractivity (Wildman–Crippen MR) is 82.9 cm³/mol. The van der Waals surface area contributed by atoms with Gasteiger partial charge < -0.3 is 4.90 Å². The Balaban J connectivity index is 2.24. The van der Waals surface area contributed by atoms with Crippen LogP contribution in [0.5, 0.6) is 0 Å². The number of amides is 3. The molecule has 1 N–H and O–H groups in total. The van der Waals surface area contributed by atoms with Crippen LogP contribution in [0.2, 0.25) is 0 Å². The second kappa shape index (κ2) is 5.88. The molecule has 2 rings (SSSR count). The number of urea groups is 1. The molecular weight excluding hydrogens is 264 g/mol. The summed E-state index contributed by atoms with van der Waals surface area (Å²) in [5.74, 6) is 0.317. The van der Waals surface area contributed by atoms with Gasteiger partial charge in [-0.3, -0.25) is 10.1 Å². The minimum absolute atomic E-state index is 0.170. The molecule has 4 nitrogen and oxygen atoms in total. The fraction of sp³-hybridized carbons (Fsp3) is 0.529. The van der Waals surface area contributed by atoms with Gasteiger partial charge in [0.1, 0.15) is 5.54 Å². The molecule has 0 atom stereocenters. The Hall–Kier alpha value is -1.84. The van der Waals surface area contributed by atoms with Crippen LogP contribution in [0, 0.1) is 0 Å². The highest BCUT2D eigenvalue weighted by Gasteiger charge is 2.50. The second-order valence-electron chi connectivity index (χ2n) is 5.98. The summed E-state index contributed by atoms with van der Waals surface area (Å²) in [4.78, 5) is 25.9. The van der Waals surface area contributed by atoms with Crippen LogP contribution in [0.25, 0.3) is 0 Å². The topological polar surface area (TPSA) is 49.4 Å². The highest BCUT2D eigenvalue weighted by atomic mass is 16.2. The van der Waals surface area contributed by atoms with Crippen LogP contribution in [0.1, 0.15) is 57.6 Å². The van der Waals surface area contributed by atoms with Crippen molar-refractivity contribution in [3.8, 4) is 0 Å². The van der Waals surface area contributed by atoms with Crippen molar-refractivity contribution in [1.82, 2.24) is 10.2 Å². The van der Waals surface area contributed by atoms with Crippen molar-refractivity contribution in [2.75, 3.05) is 0 Å². The average Bonchev–Trinajstić information content (AvgIpc) is 2.70. The Morgan fingerprint density at radius 2 is 1.67 bits per heavy atom. The highest BCUT2D eigenvalue weighted by Crippen LogP contribution is 2.31. The second-order valence-corrected chi connectivity index (χ2v) is 5.98. The molecule has 0 bridgehead atoms. The van der Waals surface area contributed by atoms with Gasteiger partial charge in [0.2, 0.25) is 0 Å². The highest BCUT2D eigenvalue weighted by molar-refractivity contribution is 6.06. The van der Waals surface area contributed by atoms with Crippen LogP contribution in [-0.2, 0) is 11.3 Å². The zero-order valence-corrected chi connectivity index (χ0v) is 13.3. The van der Waals surface area contributed by atoms with Crippen molar-refractivity contribution in [3.63, 3.8) is 0 Å². The van der Waals surface area contributed by atoms with E-state index in [1.165, 1.54) is 5.56 Å². The quantitative estimate of drug-likeness (QED) is 0.844. The Morgan fingerprint density at radius 3 is 2.14 bits per heavy atom. The van der Waals surface area contributed by atoms with E-state index in [2.05, 4.69) is 31.3 Å². The molecule has 0 aromatic heterocycles. The van der Waals surface area contributed by atoms with Crippen molar-refractivity contribution in [1.29, 1.82) is 0 Å².